The smallest absolute Gasteiger partial charge is 0.216 e. The van der Waals surface area contributed by atoms with Crippen molar-refractivity contribution >= 4 is 18.4 Å². The maximum absolute atomic E-state index is 5.88. The van der Waals surface area contributed by atoms with Gasteiger partial charge in [-0.3, -0.25) is 0 Å². The minimum atomic E-state index is 0.409. The van der Waals surface area contributed by atoms with Gasteiger partial charge >= 0.3 is 0 Å². The largest absolute Gasteiger partial charge is 0.494 e. The molecule has 1 aromatic heterocycles. The number of hydrogen-bond acceptors (Lipinski definition) is 5. The molecule has 0 aliphatic carbocycles. The highest BCUT2D eigenvalue weighted by Gasteiger charge is 2.08. The van der Waals surface area contributed by atoms with Crippen molar-refractivity contribution in [2.75, 3.05) is 6.61 Å². The van der Waals surface area contributed by atoms with Crippen LogP contribution in [-0.2, 0) is 0 Å². The SMILES string of the molecule is CCOc1ccc(-c2n[nH]c(=S)n2N=Cc2cccc(Oc3ccccc3)c2)cc1. The molecule has 150 valence electrons. The second kappa shape index (κ2) is 9.19. The van der Waals surface area contributed by atoms with E-state index >= 15 is 0 Å². The fourth-order valence-electron chi connectivity index (χ4n) is 2.86. The first-order chi connectivity index (χ1) is 14.7. The molecule has 30 heavy (non-hydrogen) atoms. The number of H-pyrrole nitrogens is 1. The van der Waals surface area contributed by atoms with Gasteiger partial charge in [-0.2, -0.15) is 14.9 Å². The van der Waals surface area contributed by atoms with Gasteiger partial charge in [0.2, 0.25) is 4.77 Å². The first kappa shape index (κ1) is 19.6. The number of nitrogens with one attached hydrogen (secondary N) is 1. The van der Waals surface area contributed by atoms with Gasteiger partial charge < -0.3 is 9.47 Å². The molecular weight excluding hydrogens is 396 g/mol. The lowest BCUT2D eigenvalue weighted by Gasteiger charge is -2.06. The van der Waals surface area contributed by atoms with Gasteiger partial charge in [0.15, 0.2) is 5.82 Å². The summed E-state index contributed by atoms with van der Waals surface area (Å²) >= 11 is 5.35. The average Bonchev–Trinajstić information content (AvgIpc) is 3.14. The number of hydrogen-bond donors (Lipinski definition) is 1. The summed E-state index contributed by atoms with van der Waals surface area (Å²) in [7, 11) is 0. The number of nitrogens with zero attached hydrogens (tertiary/aromatic N) is 3. The standard InChI is InChI=1S/C23H20N4O2S/c1-2-28-19-13-11-18(12-14-19)22-25-26-23(30)27(22)24-16-17-7-6-10-21(15-17)29-20-8-4-3-5-9-20/h3-16H,2H2,1H3,(H,26,30). The monoisotopic (exact) mass is 416 g/mol. The number of rotatable bonds is 7. The van der Waals surface area contributed by atoms with E-state index in [0.29, 0.717) is 17.2 Å². The average molecular weight is 417 g/mol. The second-order valence-electron chi connectivity index (χ2n) is 6.35. The molecule has 0 unspecified atom stereocenters. The van der Waals surface area contributed by atoms with Gasteiger partial charge in [0.1, 0.15) is 17.2 Å². The van der Waals surface area contributed by atoms with E-state index in [9.17, 15) is 0 Å². The molecule has 0 amide bonds. The topological polar surface area (TPSA) is 64.4 Å². The Bertz CT molecular complexity index is 1200. The Morgan fingerprint density at radius 2 is 1.73 bits per heavy atom. The molecule has 0 aliphatic rings. The summed E-state index contributed by atoms with van der Waals surface area (Å²) in [5, 5.41) is 11.6. The van der Waals surface area contributed by atoms with Crippen LogP contribution < -0.4 is 9.47 Å². The maximum Gasteiger partial charge on any atom is 0.216 e. The van der Waals surface area contributed by atoms with Crippen molar-refractivity contribution < 1.29 is 9.47 Å². The molecule has 0 radical (unpaired) electrons. The molecule has 0 spiro atoms. The zero-order valence-electron chi connectivity index (χ0n) is 16.4. The van der Waals surface area contributed by atoms with Gasteiger partial charge in [0.25, 0.3) is 0 Å². The zero-order valence-corrected chi connectivity index (χ0v) is 17.2. The van der Waals surface area contributed by atoms with E-state index in [1.165, 1.54) is 0 Å². The number of aromatic nitrogens is 3. The third kappa shape index (κ3) is 4.64. The van der Waals surface area contributed by atoms with Crippen LogP contribution in [0.25, 0.3) is 11.4 Å². The highest BCUT2D eigenvalue weighted by atomic mass is 32.1. The Morgan fingerprint density at radius 3 is 2.50 bits per heavy atom. The quantitative estimate of drug-likeness (QED) is 0.311. The van der Waals surface area contributed by atoms with Gasteiger partial charge in [-0.25, -0.2) is 5.10 Å². The van der Waals surface area contributed by atoms with Crippen LogP contribution in [0.5, 0.6) is 17.2 Å². The van der Waals surface area contributed by atoms with E-state index in [1.807, 2.05) is 85.8 Å². The predicted molar refractivity (Wildman–Crippen MR) is 120 cm³/mol. The van der Waals surface area contributed by atoms with Crippen LogP contribution in [0.3, 0.4) is 0 Å². The molecule has 0 bridgehead atoms. The van der Waals surface area contributed by atoms with Gasteiger partial charge in [0, 0.05) is 5.56 Å². The summed E-state index contributed by atoms with van der Waals surface area (Å²) in [5.41, 5.74) is 1.76. The summed E-state index contributed by atoms with van der Waals surface area (Å²) in [6.07, 6.45) is 1.72. The first-order valence-electron chi connectivity index (χ1n) is 9.51. The Labute approximate surface area is 179 Å². The molecule has 4 aromatic rings. The van der Waals surface area contributed by atoms with Crippen LogP contribution in [0.4, 0.5) is 0 Å². The Hall–Kier alpha value is -3.71. The predicted octanol–water partition coefficient (Wildman–Crippen LogP) is 5.68. The van der Waals surface area contributed by atoms with Crippen molar-refractivity contribution in [3.05, 3.63) is 89.2 Å². The van der Waals surface area contributed by atoms with Crippen molar-refractivity contribution in [1.82, 2.24) is 14.9 Å². The summed E-state index contributed by atoms with van der Waals surface area (Å²) in [4.78, 5) is 0. The van der Waals surface area contributed by atoms with Gasteiger partial charge in [-0.05, 0) is 73.2 Å². The van der Waals surface area contributed by atoms with Crippen LogP contribution in [-0.4, -0.2) is 27.7 Å². The molecule has 0 saturated heterocycles. The summed E-state index contributed by atoms with van der Waals surface area (Å²) < 4.78 is 13.4. The highest BCUT2D eigenvalue weighted by molar-refractivity contribution is 7.71. The minimum Gasteiger partial charge on any atom is -0.494 e. The van der Waals surface area contributed by atoms with Crippen molar-refractivity contribution in [2.24, 2.45) is 5.10 Å². The molecule has 6 nitrogen and oxygen atoms in total. The Morgan fingerprint density at radius 1 is 0.967 bits per heavy atom. The van der Waals surface area contributed by atoms with E-state index in [4.69, 9.17) is 21.7 Å². The molecule has 1 heterocycles. The van der Waals surface area contributed by atoms with Gasteiger partial charge in [0.05, 0.1) is 12.8 Å². The van der Waals surface area contributed by atoms with E-state index < -0.39 is 0 Å². The molecule has 4 rings (SSSR count). The van der Waals surface area contributed by atoms with Crippen LogP contribution in [0.2, 0.25) is 0 Å². The lowest BCUT2D eigenvalue weighted by Crippen LogP contribution is -1.96. The summed E-state index contributed by atoms with van der Waals surface area (Å²) in [6.45, 7) is 2.57. The third-order valence-corrected chi connectivity index (χ3v) is 4.50. The van der Waals surface area contributed by atoms with Crippen molar-refractivity contribution in [1.29, 1.82) is 0 Å². The molecular formula is C23H20N4O2S. The first-order valence-corrected chi connectivity index (χ1v) is 9.92. The molecule has 0 atom stereocenters. The van der Waals surface area contributed by atoms with Gasteiger partial charge in [-0.1, -0.05) is 30.3 Å². The summed E-state index contributed by atoms with van der Waals surface area (Å²) in [6, 6.07) is 25.0. The lowest BCUT2D eigenvalue weighted by molar-refractivity contribution is 0.340. The molecule has 7 heteroatoms. The van der Waals surface area contributed by atoms with Crippen LogP contribution in [0, 0.1) is 4.77 Å². The highest BCUT2D eigenvalue weighted by Crippen LogP contribution is 2.23. The molecule has 0 aliphatic heterocycles. The number of benzene rings is 3. The fraction of sp³-hybridized carbons (Fsp3) is 0.0870. The Kier molecular flexibility index (Phi) is 6.01. The van der Waals surface area contributed by atoms with Crippen molar-refractivity contribution in [3.8, 4) is 28.6 Å². The van der Waals surface area contributed by atoms with Gasteiger partial charge in [-0.15, -0.1) is 0 Å². The Balaban J connectivity index is 1.57. The van der Waals surface area contributed by atoms with Crippen LogP contribution >= 0.6 is 12.2 Å². The van der Waals surface area contributed by atoms with Crippen LogP contribution in [0.1, 0.15) is 12.5 Å². The van der Waals surface area contributed by atoms with E-state index in [2.05, 4.69) is 15.3 Å². The van der Waals surface area contributed by atoms with Crippen LogP contribution in [0.15, 0.2) is 84.0 Å². The lowest BCUT2D eigenvalue weighted by atomic mass is 10.2. The number of para-hydroxylation sites is 1. The second-order valence-corrected chi connectivity index (χ2v) is 6.74. The fourth-order valence-corrected chi connectivity index (χ4v) is 3.04. The van der Waals surface area contributed by atoms with E-state index in [1.54, 1.807) is 10.9 Å². The minimum absolute atomic E-state index is 0.409. The van der Waals surface area contributed by atoms with Crippen molar-refractivity contribution in [2.45, 2.75) is 6.92 Å². The normalized spacial score (nSPS) is 11.0. The number of aromatic amines is 1. The maximum atomic E-state index is 5.88. The van der Waals surface area contributed by atoms with E-state index in [0.717, 1.165) is 28.4 Å². The zero-order chi connectivity index (χ0) is 20.8. The molecule has 3 aromatic carbocycles. The molecule has 1 N–H and O–H groups in total. The van der Waals surface area contributed by atoms with Crippen molar-refractivity contribution in [3.63, 3.8) is 0 Å². The molecule has 0 saturated carbocycles. The molecule has 0 fully saturated rings. The summed E-state index contributed by atoms with van der Waals surface area (Å²) in [5.74, 6) is 2.94. The third-order valence-electron chi connectivity index (χ3n) is 4.23. The number of ether oxygens (including phenoxy) is 2. The van der Waals surface area contributed by atoms with E-state index in [-0.39, 0.29) is 0 Å².